The second-order valence-corrected chi connectivity index (χ2v) is 14.3. The Kier molecular flexibility index (Phi) is 8.54. The lowest BCUT2D eigenvalue weighted by molar-refractivity contribution is -0.136. The van der Waals surface area contributed by atoms with E-state index in [9.17, 15) is 18.3 Å². The van der Waals surface area contributed by atoms with Crippen LogP contribution in [0.1, 0.15) is 94.3 Å². The number of benzene rings is 1. The molecule has 3 heterocycles. The first kappa shape index (κ1) is 29.1. The molecule has 0 bridgehead atoms. The Morgan fingerprint density at radius 1 is 1.02 bits per heavy atom. The normalized spacial score (nSPS) is 22.7. The van der Waals surface area contributed by atoms with Crippen LogP contribution in [0.2, 0.25) is 0 Å². The Morgan fingerprint density at radius 2 is 1.79 bits per heavy atom. The van der Waals surface area contributed by atoms with Gasteiger partial charge in [0.2, 0.25) is 15.9 Å². The molecule has 1 aromatic carbocycles. The number of carboxylic acids is 1. The van der Waals surface area contributed by atoms with Crippen molar-refractivity contribution in [2.24, 2.45) is 11.8 Å². The van der Waals surface area contributed by atoms with E-state index >= 15 is 0 Å². The Morgan fingerprint density at radius 3 is 2.48 bits per heavy atom. The number of pyridine rings is 1. The molecule has 1 aliphatic heterocycles. The fourth-order valence-electron chi connectivity index (χ4n) is 7.53. The zero-order chi connectivity index (χ0) is 29.3. The zero-order valence-corrected chi connectivity index (χ0v) is 25.3. The summed E-state index contributed by atoms with van der Waals surface area (Å²) in [5.74, 6) is 0.635. The summed E-state index contributed by atoms with van der Waals surface area (Å²) in [5.41, 5.74) is 2.75. The SMILES string of the molecule is CCOc1ccc(S(=O)(=O)N2C[C@@H](CC3CCCC3)[C@@H](n3nc(CC(=O)O)c4ccc(C5CCCCC5)cc43)C2)cn1. The van der Waals surface area contributed by atoms with Crippen LogP contribution in [-0.2, 0) is 21.2 Å². The average molecular weight is 595 g/mol. The van der Waals surface area contributed by atoms with Crippen molar-refractivity contribution < 1.29 is 23.1 Å². The fraction of sp³-hybridized carbons (Fsp3) is 0.594. The molecule has 226 valence electrons. The molecule has 0 radical (unpaired) electrons. The minimum atomic E-state index is -3.79. The molecule has 0 spiro atoms. The first-order chi connectivity index (χ1) is 20.3. The van der Waals surface area contributed by atoms with Crippen molar-refractivity contribution in [3.63, 3.8) is 0 Å². The van der Waals surface area contributed by atoms with Crippen molar-refractivity contribution in [1.82, 2.24) is 19.1 Å². The smallest absolute Gasteiger partial charge is 0.309 e. The number of carboxylic acid groups (broad SMARTS) is 1. The highest BCUT2D eigenvalue weighted by molar-refractivity contribution is 7.89. The fourth-order valence-corrected chi connectivity index (χ4v) is 8.99. The number of fused-ring (bicyclic) bond motifs is 1. The molecule has 1 saturated heterocycles. The van der Waals surface area contributed by atoms with Crippen LogP contribution < -0.4 is 4.74 Å². The van der Waals surface area contributed by atoms with Gasteiger partial charge in [0.1, 0.15) is 4.90 Å². The minimum absolute atomic E-state index is 0.0812. The van der Waals surface area contributed by atoms with Crippen LogP contribution in [0, 0.1) is 11.8 Å². The predicted octanol–water partition coefficient (Wildman–Crippen LogP) is 5.95. The molecule has 9 nitrogen and oxygen atoms in total. The van der Waals surface area contributed by atoms with Gasteiger partial charge in [-0.25, -0.2) is 13.4 Å². The van der Waals surface area contributed by atoms with Crippen LogP contribution in [0.5, 0.6) is 5.88 Å². The predicted molar refractivity (Wildman–Crippen MR) is 160 cm³/mol. The molecular weight excluding hydrogens is 552 g/mol. The molecule has 0 amide bonds. The quantitative estimate of drug-likeness (QED) is 0.309. The molecule has 2 saturated carbocycles. The maximum absolute atomic E-state index is 13.9. The standard InChI is InChI=1S/C32H42N4O5S/c1-2-41-31-15-13-26(19-33-31)42(39,40)35-20-25(16-22-8-6-7-9-22)30(21-35)36-29-17-24(23-10-4-3-5-11-23)12-14-27(29)28(34-36)18-32(37)38/h12-15,17,19,22-23,25,30H,2-11,16,18,20-21H2,1H3,(H,37,38)/t25-,30+/m1/s1. The summed E-state index contributed by atoms with van der Waals surface area (Å²) in [4.78, 5) is 16.2. The number of aliphatic carboxylic acids is 1. The Hall–Kier alpha value is -2.98. The van der Waals surface area contributed by atoms with Gasteiger partial charge in [-0.3, -0.25) is 9.48 Å². The van der Waals surface area contributed by atoms with Crippen LogP contribution in [-0.4, -0.2) is 58.3 Å². The number of hydrogen-bond acceptors (Lipinski definition) is 6. The van der Waals surface area contributed by atoms with Gasteiger partial charge in [-0.2, -0.15) is 9.40 Å². The summed E-state index contributed by atoms with van der Waals surface area (Å²) in [6, 6.07) is 9.40. The van der Waals surface area contributed by atoms with E-state index in [0.29, 0.717) is 43.1 Å². The number of sulfonamides is 1. The summed E-state index contributed by atoms with van der Waals surface area (Å²) < 4.78 is 36.7. The van der Waals surface area contributed by atoms with Gasteiger partial charge in [-0.05, 0) is 61.6 Å². The number of carbonyl (C=O) groups is 1. The maximum atomic E-state index is 13.9. The number of hydrogen-bond donors (Lipinski definition) is 1. The van der Waals surface area contributed by atoms with Gasteiger partial charge in [0.05, 0.1) is 36.5 Å². The largest absolute Gasteiger partial charge is 0.481 e. The highest BCUT2D eigenvalue weighted by Gasteiger charge is 2.42. The van der Waals surface area contributed by atoms with E-state index in [-0.39, 0.29) is 23.3 Å². The van der Waals surface area contributed by atoms with E-state index in [1.807, 2.05) is 17.7 Å². The van der Waals surface area contributed by atoms with Crippen LogP contribution in [0.4, 0.5) is 0 Å². The third-order valence-corrected chi connectivity index (χ3v) is 11.5. The molecule has 42 heavy (non-hydrogen) atoms. The van der Waals surface area contributed by atoms with Gasteiger partial charge >= 0.3 is 5.97 Å². The van der Waals surface area contributed by atoms with Gasteiger partial charge in [0.25, 0.3) is 0 Å². The van der Waals surface area contributed by atoms with Gasteiger partial charge in [-0.15, -0.1) is 0 Å². The molecule has 2 atom stereocenters. The maximum Gasteiger partial charge on any atom is 0.309 e. The lowest BCUT2D eigenvalue weighted by atomic mass is 9.84. The van der Waals surface area contributed by atoms with Crippen LogP contribution >= 0.6 is 0 Å². The summed E-state index contributed by atoms with van der Waals surface area (Å²) >= 11 is 0. The van der Waals surface area contributed by atoms with E-state index in [0.717, 1.165) is 30.2 Å². The first-order valence-electron chi connectivity index (χ1n) is 15.6. The average Bonchev–Trinajstić information content (AvgIpc) is 3.74. The molecule has 1 N–H and O–H groups in total. The second kappa shape index (κ2) is 12.3. The zero-order valence-electron chi connectivity index (χ0n) is 24.5. The van der Waals surface area contributed by atoms with Gasteiger partial charge in [-0.1, -0.05) is 57.1 Å². The second-order valence-electron chi connectivity index (χ2n) is 12.4. The van der Waals surface area contributed by atoms with Crippen LogP contribution in [0.15, 0.2) is 41.4 Å². The highest BCUT2D eigenvalue weighted by atomic mass is 32.2. The number of ether oxygens (including phenoxy) is 1. The minimum Gasteiger partial charge on any atom is -0.481 e. The molecule has 2 aliphatic carbocycles. The molecule has 10 heteroatoms. The van der Waals surface area contributed by atoms with E-state index in [4.69, 9.17) is 9.84 Å². The van der Waals surface area contributed by atoms with E-state index in [1.54, 1.807) is 16.4 Å². The van der Waals surface area contributed by atoms with Gasteiger partial charge in [0.15, 0.2) is 0 Å². The van der Waals surface area contributed by atoms with Gasteiger partial charge in [0, 0.05) is 24.5 Å². The lowest BCUT2D eigenvalue weighted by Gasteiger charge is -2.24. The number of aromatic nitrogens is 3. The lowest BCUT2D eigenvalue weighted by Crippen LogP contribution is -2.29. The van der Waals surface area contributed by atoms with Crippen LogP contribution in [0.25, 0.3) is 10.9 Å². The molecule has 0 unspecified atom stereocenters. The molecular formula is C32H42N4O5S. The summed E-state index contributed by atoms with van der Waals surface area (Å²) in [7, 11) is -3.79. The molecule has 6 rings (SSSR count). The van der Waals surface area contributed by atoms with Crippen molar-refractivity contribution in [1.29, 1.82) is 0 Å². The van der Waals surface area contributed by atoms with Crippen molar-refractivity contribution >= 4 is 26.9 Å². The number of nitrogens with zero attached hydrogens (tertiary/aromatic N) is 4. The Labute approximate surface area is 248 Å². The van der Waals surface area contributed by atoms with Crippen molar-refractivity contribution in [3.05, 3.63) is 47.8 Å². The number of rotatable bonds is 10. The molecule has 3 aliphatic rings. The summed E-state index contributed by atoms with van der Waals surface area (Å²) in [6.07, 6.45) is 13.0. The van der Waals surface area contributed by atoms with Crippen molar-refractivity contribution in [3.8, 4) is 5.88 Å². The van der Waals surface area contributed by atoms with Crippen molar-refractivity contribution in [2.45, 2.75) is 94.4 Å². The summed E-state index contributed by atoms with van der Waals surface area (Å²) in [6.45, 7) is 3.03. The molecule has 2 aromatic heterocycles. The highest BCUT2D eigenvalue weighted by Crippen LogP contribution is 2.42. The van der Waals surface area contributed by atoms with E-state index in [2.05, 4.69) is 17.1 Å². The van der Waals surface area contributed by atoms with Crippen LogP contribution in [0.3, 0.4) is 0 Å². The third-order valence-electron chi connectivity index (χ3n) is 9.64. The van der Waals surface area contributed by atoms with E-state index < -0.39 is 16.0 Å². The summed E-state index contributed by atoms with van der Waals surface area (Å²) in [5, 5.41) is 15.5. The Balaban J connectivity index is 1.38. The Bertz CT molecular complexity index is 1510. The van der Waals surface area contributed by atoms with E-state index in [1.165, 1.54) is 56.7 Å². The monoisotopic (exact) mass is 594 g/mol. The molecule has 3 aromatic rings. The topological polar surface area (TPSA) is 115 Å². The van der Waals surface area contributed by atoms with Gasteiger partial charge < -0.3 is 9.84 Å². The van der Waals surface area contributed by atoms with Crippen molar-refractivity contribution in [2.75, 3.05) is 19.7 Å². The molecule has 3 fully saturated rings. The first-order valence-corrected chi connectivity index (χ1v) is 17.1. The third kappa shape index (κ3) is 5.93.